The van der Waals surface area contributed by atoms with Crippen molar-refractivity contribution >= 4 is 39.4 Å². The molecule has 0 radical (unpaired) electrons. The number of fused-ring (bicyclic) bond motifs is 2. The van der Waals surface area contributed by atoms with E-state index >= 15 is 0 Å². The lowest BCUT2D eigenvalue weighted by Gasteiger charge is -2.22. The summed E-state index contributed by atoms with van der Waals surface area (Å²) < 4.78 is 1.80. The molecule has 0 saturated heterocycles. The molecule has 34 heavy (non-hydrogen) atoms. The highest BCUT2D eigenvalue weighted by molar-refractivity contribution is 6.31. The van der Waals surface area contributed by atoms with Crippen molar-refractivity contribution in [2.24, 2.45) is 7.05 Å². The van der Waals surface area contributed by atoms with E-state index < -0.39 is 0 Å². The molecule has 1 N–H and O–H groups in total. The van der Waals surface area contributed by atoms with Crippen LogP contribution in [0, 0.1) is 20.8 Å². The van der Waals surface area contributed by atoms with E-state index in [9.17, 15) is 9.59 Å². The quantitative estimate of drug-likeness (QED) is 0.428. The Morgan fingerprint density at radius 2 is 1.94 bits per heavy atom. The van der Waals surface area contributed by atoms with Crippen LogP contribution in [0.15, 0.2) is 23.0 Å². The first kappa shape index (κ1) is 23.9. The normalized spacial score (nSPS) is 11.5. The zero-order valence-electron chi connectivity index (χ0n) is 20.2. The summed E-state index contributed by atoms with van der Waals surface area (Å²) in [6.07, 6.45) is 1.74. The average molecular weight is 481 g/mol. The highest BCUT2D eigenvalue weighted by atomic mass is 35.5. The number of pyridine rings is 1. The summed E-state index contributed by atoms with van der Waals surface area (Å²) in [5.74, 6) is 0.459. The molecule has 9 heteroatoms. The molecule has 8 nitrogen and oxygen atoms in total. The van der Waals surface area contributed by atoms with Gasteiger partial charge in [0.2, 0.25) is 5.91 Å². The minimum absolute atomic E-state index is 0.0116. The van der Waals surface area contributed by atoms with Crippen molar-refractivity contribution in [1.82, 2.24) is 29.6 Å². The van der Waals surface area contributed by atoms with Crippen LogP contribution in [0.1, 0.15) is 48.1 Å². The first-order valence-electron chi connectivity index (χ1n) is 11.4. The van der Waals surface area contributed by atoms with Crippen LogP contribution in [0.3, 0.4) is 0 Å². The van der Waals surface area contributed by atoms with Gasteiger partial charge in [0.05, 0.1) is 23.1 Å². The first-order chi connectivity index (χ1) is 16.2. The van der Waals surface area contributed by atoms with Crippen LogP contribution in [0.5, 0.6) is 0 Å². The molecule has 4 rings (SSSR count). The van der Waals surface area contributed by atoms with Gasteiger partial charge < -0.3 is 9.88 Å². The van der Waals surface area contributed by atoms with E-state index in [-0.39, 0.29) is 18.0 Å². The number of carbonyl (C=O) groups is 1. The van der Waals surface area contributed by atoms with E-state index in [1.165, 1.54) is 0 Å². The number of rotatable bonds is 7. The molecule has 0 unspecified atom stereocenters. The number of hydrogen-bond donors (Lipinski definition) is 1. The summed E-state index contributed by atoms with van der Waals surface area (Å²) in [7, 11) is 1.89. The molecular formula is C25H29ClN6O2. The second-order valence-corrected chi connectivity index (χ2v) is 9.13. The van der Waals surface area contributed by atoms with Gasteiger partial charge in [-0.3, -0.25) is 14.3 Å². The van der Waals surface area contributed by atoms with E-state index in [4.69, 9.17) is 16.6 Å². The van der Waals surface area contributed by atoms with Crippen LogP contribution in [0.4, 0.5) is 0 Å². The van der Waals surface area contributed by atoms with Crippen molar-refractivity contribution in [1.29, 1.82) is 0 Å². The minimum atomic E-state index is -0.238. The van der Waals surface area contributed by atoms with Gasteiger partial charge in [-0.25, -0.2) is 9.97 Å². The Morgan fingerprint density at radius 3 is 2.68 bits per heavy atom. The van der Waals surface area contributed by atoms with Crippen molar-refractivity contribution in [2.45, 2.75) is 53.5 Å². The van der Waals surface area contributed by atoms with Gasteiger partial charge in [-0.05, 0) is 62.9 Å². The molecule has 0 bridgehead atoms. The topological polar surface area (TPSA) is 96.8 Å². The van der Waals surface area contributed by atoms with Crippen molar-refractivity contribution in [3.05, 3.63) is 61.9 Å². The minimum Gasteiger partial charge on any atom is -0.335 e. The second kappa shape index (κ2) is 9.54. The third-order valence-corrected chi connectivity index (χ3v) is 6.46. The predicted octanol–water partition coefficient (Wildman–Crippen LogP) is 4.15. The molecule has 0 saturated carbocycles. The molecular weight excluding hydrogens is 452 g/mol. The number of aromatic nitrogens is 5. The fourth-order valence-corrected chi connectivity index (χ4v) is 4.77. The molecule has 1 aromatic carbocycles. The predicted molar refractivity (Wildman–Crippen MR) is 134 cm³/mol. The number of halogens is 1. The summed E-state index contributed by atoms with van der Waals surface area (Å²) in [5, 5.41) is 6.54. The number of carbonyl (C=O) groups excluding carboxylic acids is 1. The Labute approximate surface area is 203 Å². The van der Waals surface area contributed by atoms with E-state index in [0.29, 0.717) is 41.1 Å². The number of nitrogens with one attached hydrogen (secondary N) is 1. The van der Waals surface area contributed by atoms with Crippen LogP contribution >= 0.6 is 11.6 Å². The van der Waals surface area contributed by atoms with E-state index in [1.54, 1.807) is 27.8 Å². The van der Waals surface area contributed by atoms with Gasteiger partial charge in [-0.2, -0.15) is 5.10 Å². The Balaban J connectivity index is 1.56. The zero-order chi connectivity index (χ0) is 24.6. The molecule has 0 aliphatic carbocycles. The second-order valence-electron chi connectivity index (χ2n) is 8.70. The summed E-state index contributed by atoms with van der Waals surface area (Å²) in [6, 6.07) is 4.98. The van der Waals surface area contributed by atoms with Crippen LogP contribution < -0.4 is 5.56 Å². The Hall–Kier alpha value is -3.26. The molecule has 178 valence electrons. The Kier molecular flexibility index (Phi) is 6.70. The van der Waals surface area contributed by atoms with Gasteiger partial charge >= 0.3 is 0 Å². The lowest BCUT2D eigenvalue weighted by molar-refractivity contribution is -0.131. The number of aromatic amines is 1. The zero-order valence-corrected chi connectivity index (χ0v) is 21.0. The number of aryl methyl sites for hydroxylation is 4. The third-order valence-electron chi connectivity index (χ3n) is 6.22. The monoisotopic (exact) mass is 480 g/mol. The van der Waals surface area contributed by atoms with Crippen LogP contribution in [0.25, 0.3) is 21.9 Å². The lowest BCUT2D eigenvalue weighted by Crippen LogP contribution is -2.33. The Morgan fingerprint density at radius 1 is 1.18 bits per heavy atom. The van der Waals surface area contributed by atoms with Gasteiger partial charge in [-0.15, -0.1) is 0 Å². The fraction of sp³-hybridized carbons (Fsp3) is 0.400. The molecule has 1 amide bonds. The molecule has 0 aliphatic rings. The molecule has 0 aliphatic heterocycles. The SMILES string of the molecule is CCCN(Cc1nc2cc(Cl)ccc2c(=O)[nH]1)C(=O)CCc1c(C)nc2c(c(C)nn2C)c1C. The van der Waals surface area contributed by atoms with Crippen molar-refractivity contribution in [2.75, 3.05) is 6.54 Å². The van der Waals surface area contributed by atoms with Crippen LogP contribution in [-0.4, -0.2) is 42.1 Å². The number of hydrogen-bond acceptors (Lipinski definition) is 5. The van der Waals surface area contributed by atoms with Crippen molar-refractivity contribution in [3.8, 4) is 0 Å². The van der Waals surface area contributed by atoms with Crippen molar-refractivity contribution in [3.63, 3.8) is 0 Å². The van der Waals surface area contributed by atoms with Gasteiger partial charge in [0.15, 0.2) is 5.65 Å². The summed E-state index contributed by atoms with van der Waals surface area (Å²) >= 11 is 6.07. The highest BCUT2D eigenvalue weighted by Gasteiger charge is 2.19. The fourth-order valence-electron chi connectivity index (χ4n) is 4.60. The van der Waals surface area contributed by atoms with E-state index in [1.807, 2.05) is 27.8 Å². The van der Waals surface area contributed by atoms with Gasteiger partial charge in [0.25, 0.3) is 5.56 Å². The smallest absolute Gasteiger partial charge is 0.258 e. The maximum atomic E-state index is 13.2. The molecule has 0 atom stereocenters. The van der Waals surface area contributed by atoms with E-state index in [0.717, 1.165) is 40.0 Å². The standard InChI is InChI=1S/C25H29ClN6O2/c1-6-11-32(13-21-28-20-12-17(26)7-8-19(20)25(34)29-21)22(33)10-9-18-14(2)23-16(4)30-31(5)24(23)27-15(18)3/h7-8,12H,6,9-11,13H2,1-5H3,(H,28,29,34). The van der Waals surface area contributed by atoms with Crippen molar-refractivity contribution < 1.29 is 4.79 Å². The molecule has 0 fully saturated rings. The average Bonchev–Trinajstić information content (AvgIpc) is 3.05. The van der Waals surface area contributed by atoms with Crippen LogP contribution in [-0.2, 0) is 24.8 Å². The molecule has 3 aromatic heterocycles. The number of nitrogens with zero attached hydrogens (tertiary/aromatic N) is 5. The highest BCUT2D eigenvalue weighted by Crippen LogP contribution is 2.26. The maximum absolute atomic E-state index is 13.2. The van der Waals surface area contributed by atoms with Gasteiger partial charge in [0, 0.05) is 36.1 Å². The van der Waals surface area contributed by atoms with E-state index in [2.05, 4.69) is 22.0 Å². The third kappa shape index (κ3) is 4.55. The molecule has 3 heterocycles. The summed E-state index contributed by atoms with van der Waals surface area (Å²) in [6.45, 7) is 8.87. The number of benzene rings is 1. The van der Waals surface area contributed by atoms with Crippen LogP contribution in [0.2, 0.25) is 5.02 Å². The maximum Gasteiger partial charge on any atom is 0.258 e. The number of H-pyrrole nitrogens is 1. The lowest BCUT2D eigenvalue weighted by atomic mass is 9.99. The Bertz CT molecular complexity index is 1460. The molecule has 0 spiro atoms. The van der Waals surface area contributed by atoms with Gasteiger partial charge in [0.1, 0.15) is 5.82 Å². The summed E-state index contributed by atoms with van der Waals surface area (Å²) in [4.78, 5) is 39.6. The largest absolute Gasteiger partial charge is 0.335 e. The summed E-state index contributed by atoms with van der Waals surface area (Å²) in [5.41, 5.74) is 5.21. The molecule has 4 aromatic rings. The first-order valence-corrected chi connectivity index (χ1v) is 11.8. The number of amides is 1. The van der Waals surface area contributed by atoms with Gasteiger partial charge in [-0.1, -0.05) is 18.5 Å².